The van der Waals surface area contributed by atoms with Crippen LogP contribution in [0.25, 0.3) is 0 Å². The Kier molecular flexibility index (Phi) is 3.99. The second-order valence-electron chi connectivity index (χ2n) is 5.41. The van der Waals surface area contributed by atoms with E-state index in [1.54, 1.807) is 0 Å². The normalized spacial score (nSPS) is 18.0. The minimum atomic E-state index is -1.18. The molecule has 0 bridgehead atoms. The van der Waals surface area contributed by atoms with Crippen molar-refractivity contribution in [2.75, 3.05) is 13.1 Å². The van der Waals surface area contributed by atoms with Crippen LogP contribution >= 0.6 is 0 Å². The summed E-state index contributed by atoms with van der Waals surface area (Å²) in [5.41, 5.74) is 2.40. The summed E-state index contributed by atoms with van der Waals surface area (Å²) >= 11 is 0. The second kappa shape index (κ2) is 5.92. The minimum Gasteiger partial charge on any atom is -0.387 e. The molecule has 4 heteroatoms. The Labute approximate surface area is 122 Å². The van der Waals surface area contributed by atoms with E-state index in [9.17, 15) is 13.9 Å². The molecule has 2 aromatic carbocycles. The first-order valence-electron chi connectivity index (χ1n) is 7.07. The highest BCUT2D eigenvalue weighted by atomic mass is 19.1. The molecule has 0 heterocycles. The molecular formula is C17H17F2NO. The van der Waals surface area contributed by atoms with Gasteiger partial charge in [-0.1, -0.05) is 30.3 Å². The van der Waals surface area contributed by atoms with Crippen LogP contribution in [0, 0.1) is 11.6 Å². The molecule has 2 aromatic rings. The quantitative estimate of drug-likeness (QED) is 0.887. The molecule has 1 aliphatic rings. The molecule has 0 fully saturated rings. The summed E-state index contributed by atoms with van der Waals surface area (Å²) in [7, 11) is 0. The van der Waals surface area contributed by atoms with Crippen molar-refractivity contribution in [3.05, 3.63) is 70.8 Å². The smallest absolute Gasteiger partial charge is 0.131 e. The molecule has 0 amide bonds. The van der Waals surface area contributed by atoms with E-state index in [4.69, 9.17) is 0 Å². The van der Waals surface area contributed by atoms with Gasteiger partial charge in [-0.3, -0.25) is 0 Å². The van der Waals surface area contributed by atoms with Gasteiger partial charge in [0.15, 0.2) is 0 Å². The molecule has 0 saturated heterocycles. The largest absolute Gasteiger partial charge is 0.387 e. The maximum absolute atomic E-state index is 13.5. The van der Waals surface area contributed by atoms with Gasteiger partial charge in [0.05, 0.1) is 11.7 Å². The van der Waals surface area contributed by atoms with Crippen LogP contribution in [0.1, 0.15) is 28.7 Å². The Morgan fingerprint density at radius 2 is 1.81 bits per heavy atom. The summed E-state index contributed by atoms with van der Waals surface area (Å²) in [6.45, 7) is 0.834. The van der Waals surface area contributed by atoms with E-state index in [0.717, 1.165) is 18.6 Å². The van der Waals surface area contributed by atoms with Crippen LogP contribution in [0.15, 0.2) is 42.5 Å². The molecule has 0 spiro atoms. The van der Waals surface area contributed by atoms with E-state index in [2.05, 4.69) is 17.4 Å². The van der Waals surface area contributed by atoms with Crippen LogP contribution < -0.4 is 5.32 Å². The van der Waals surface area contributed by atoms with Crippen LogP contribution in [0.4, 0.5) is 8.78 Å². The van der Waals surface area contributed by atoms with Gasteiger partial charge < -0.3 is 10.4 Å². The van der Waals surface area contributed by atoms with Gasteiger partial charge in [0.25, 0.3) is 0 Å². The molecule has 0 radical (unpaired) electrons. The molecule has 110 valence electrons. The standard InChI is InChI=1S/C17H17F2NO/c18-14-6-3-7-15(19)17(14)16(21)10-20-9-12-8-11-4-1-2-5-13(11)12/h1-7,12,16,20-21H,8-10H2. The maximum atomic E-state index is 13.5. The van der Waals surface area contributed by atoms with Gasteiger partial charge >= 0.3 is 0 Å². The molecule has 3 rings (SSSR count). The maximum Gasteiger partial charge on any atom is 0.131 e. The Balaban J connectivity index is 1.55. The molecule has 2 N–H and O–H groups in total. The summed E-state index contributed by atoms with van der Waals surface area (Å²) in [5.74, 6) is -1.00. The van der Waals surface area contributed by atoms with Crippen LogP contribution in [-0.4, -0.2) is 18.2 Å². The number of rotatable bonds is 5. The zero-order valence-corrected chi connectivity index (χ0v) is 11.5. The average molecular weight is 289 g/mol. The van der Waals surface area contributed by atoms with Crippen LogP contribution in [-0.2, 0) is 6.42 Å². The van der Waals surface area contributed by atoms with Gasteiger partial charge in [0.1, 0.15) is 11.6 Å². The van der Waals surface area contributed by atoms with Crippen molar-refractivity contribution in [2.45, 2.75) is 18.4 Å². The third kappa shape index (κ3) is 2.82. The van der Waals surface area contributed by atoms with Crippen LogP contribution in [0.2, 0.25) is 0 Å². The van der Waals surface area contributed by atoms with Gasteiger partial charge in [0, 0.05) is 19.0 Å². The fraction of sp³-hybridized carbons (Fsp3) is 0.294. The van der Waals surface area contributed by atoms with Crippen LogP contribution in [0.5, 0.6) is 0 Å². The van der Waals surface area contributed by atoms with Crippen molar-refractivity contribution in [2.24, 2.45) is 0 Å². The number of hydrogen-bond acceptors (Lipinski definition) is 2. The summed E-state index contributed by atoms with van der Waals surface area (Å²) in [5, 5.41) is 13.0. The fourth-order valence-corrected chi connectivity index (χ4v) is 2.87. The summed E-state index contributed by atoms with van der Waals surface area (Å²) in [6, 6.07) is 11.8. The van der Waals surface area contributed by atoms with Gasteiger partial charge in [-0.15, -0.1) is 0 Å². The lowest BCUT2D eigenvalue weighted by molar-refractivity contribution is 0.164. The molecule has 2 unspecified atom stereocenters. The van der Waals surface area contributed by atoms with E-state index >= 15 is 0 Å². The first-order valence-corrected chi connectivity index (χ1v) is 7.07. The van der Waals surface area contributed by atoms with E-state index in [1.807, 2.05) is 12.1 Å². The van der Waals surface area contributed by atoms with E-state index < -0.39 is 17.7 Å². The number of aliphatic hydroxyl groups is 1. The van der Waals surface area contributed by atoms with Crippen LogP contribution in [0.3, 0.4) is 0 Å². The fourth-order valence-electron chi connectivity index (χ4n) is 2.87. The Bertz CT molecular complexity index is 624. The van der Waals surface area contributed by atoms with Crippen molar-refractivity contribution in [1.82, 2.24) is 5.32 Å². The molecule has 21 heavy (non-hydrogen) atoms. The van der Waals surface area contributed by atoms with Gasteiger partial charge in [-0.25, -0.2) is 8.78 Å². The molecule has 2 atom stereocenters. The van der Waals surface area contributed by atoms with Gasteiger partial charge in [-0.05, 0) is 29.7 Å². The predicted molar refractivity (Wildman–Crippen MR) is 77.1 cm³/mol. The zero-order valence-electron chi connectivity index (χ0n) is 11.5. The van der Waals surface area contributed by atoms with E-state index in [1.165, 1.54) is 17.2 Å². The number of hydrogen-bond donors (Lipinski definition) is 2. The van der Waals surface area contributed by atoms with Crippen molar-refractivity contribution in [1.29, 1.82) is 0 Å². The number of nitrogens with one attached hydrogen (secondary N) is 1. The monoisotopic (exact) mass is 289 g/mol. The molecular weight excluding hydrogens is 272 g/mol. The predicted octanol–water partition coefficient (Wildman–Crippen LogP) is 2.93. The molecule has 2 nitrogen and oxygen atoms in total. The Morgan fingerprint density at radius 3 is 2.52 bits per heavy atom. The first-order chi connectivity index (χ1) is 10.2. The third-order valence-electron chi connectivity index (χ3n) is 4.02. The van der Waals surface area contributed by atoms with Crippen molar-refractivity contribution < 1.29 is 13.9 Å². The summed E-state index contributed by atoms with van der Waals surface area (Å²) in [6.07, 6.45) is -0.172. The molecule has 0 saturated carbocycles. The topological polar surface area (TPSA) is 32.3 Å². The number of benzene rings is 2. The highest BCUT2D eigenvalue weighted by Crippen LogP contribution is 2.34. The lowest BCUT2D eigenvalue weighted by Gasteiger charge is -2.30. The SMILES string of the molecule is OC(CNCC1Cc2ccccc21)c1c(F)cccc1F. The van der Waals surface area contributed by atoms with Crippen molar-refractivity contribution >= 4 is 0 Å². The molecule has 0 aliphatic heterocycles. The lowest BCUT2D eigenvalue weighted by Crippen LogP contribution is -2.32. The van der Waals surface area contributed by atoms with Crippen molar-refractivity contribution in [3.8, 4) is 0 Å². The van der Waals surface area contributed by atoms with Gasteiger partial charge in [-0.2, -0.15) is 0 Å². The number of aliphatic hydroxyl groups excluding tert-OH is 1. The lowest BCUT2D eigenvalue weighted by atomic mass is 9.77. The van der Waals surface area contributed by atoms with Crippen molar-refractivity contribution in [3.63, 3.8) is 0 Å². The molecule has 0 aromatic heterocycles. The summed E-state index contributed by atoms with van der Waals surface area (Å²) in [4.78, 5) is 0. The molecule has 1 aliphatic carbocycles. The minimum absolute atomic E-state index is 0.135. The van der Waals surface area contributed by atoms with E-state index in [0.29, 0.717) is 12.5 Å². The second-order valence-corrected chi connectivity index (χ2v) is 5.41. The first kappa shape index (κ1) is 14.2. The van der Waals surface area contributed by atoms with E-state index in [-0.39, 0.29) is 12.1 Å². The Morgan fingerprint density at radius 1 is 1.10 bits per heavy atom. The number of halogens is 2. The van der Waals surface area contributed by atoms with Gasteiger partial charge in [0.2, 0.25) is 0 Å². The highest BCUT2D eigenvalue weighted by Gasteiger charge is 2.25. The Hall–Kier alpha value is -1.78. The summed E-state index contributed by atoms with van der Waals surface area (Å²) < 4.78 is 27.1. The average Bonchev–Trinajstić information content (AvgIpc) is 2.43. The number of fused-ring (bicyclic) bond motifs is 1. The third-order valence-corrected chi connectivity index (χ3v) is 4.02. The zero-order chi connectivity index (χ0) is 14.8. The highest BCUT2D eigenvalue weighted by molar-refractivity contribution is 5.40.